The molecule has 4 heteroatoms. The Labute approximate surface area is 108 Å². The predicted octanol–water partition coefficient (Wildman–Crippen LogP) is 3.44. The highest BCUT2D eigenvalue weighted by atomic mass is 79.9. The fraction of sp³-hybridized carbons (Fsp3) is 0.308. The van der Waals surface area contributed by atoms with Crippen molar-refractivity contribution < 1.29 is 9.90 Å². The molecule has 2 rings (SSSR count). The van der Waals surface area contributed by atoms with Gasteiger partial charge in [-0.3, -0.25) is 4.79 Å². The first-order valence-electron chi connectivity index (χ1n) is 5.61. The average molecular weight is 296 g/mol. The lowest BCUT2D eigenvalue weighted by molar-refractivity contribution is -0.136. The summed E-state index contributed by atoms with van der Waals surface area (Å²) in [6, 6.07) is 6.06. The van der Waals surface area contributed by atoms with Crippen molar-refractivity contribution in [3.05, 3.63) is 34.4 Å². The molecule has 1 N–H and O–H groups in total. The van der Waals surface area contributed by atoms with Crippen molar-refractivity contribution in [2.45, 2.75) is 26.3 Å². The molecule has 1 aromatic carbocycles. The highest BCUT2D eigenvalue weighted by Crippen LogP contribution is 2.29. The van der Waals surface area contributed by atoms with Crippen LogP contribution in [0.2, 0.25) is 0 Å². The van der Waals surface area contributed by atoms with Crippen LogP contribution in [0.4, 0.5) is 0 Å². The molecule has 0 bridgehead atoms. The van der Waals surface area contributed by atoms with Gasteiger partial charge in [0.05, 0.1) is 0 Å². The average Bonchev–Trinajstić information content (AvgIpc) is 2.66. The van der Waals surface area contributed by atoms with Gasteiger partial charge in [-0.2, -0.15) is 0 Å². The van der Waals surface area contributed by atoms with Gasteiger partial charge in [-0.25, -0.2) is 0 Å². The molecular weight excluding hydrogens is 282 g/mol. The number of carboxylic acid groups (broad SMARTS) is 1. The van der Waals surface area contributed by atoms with Crippen LogP contribution in [-0.2, 0) is 17.8 Å². The Morgan fingerprint density at radius 2 is 2.24 bits per heavy atom. The number of fused-ring (bicyclic) bond motifs is 1. The Hall–Kier alpha value is -1.29. The number of nitrogens with zero attached hydrogens (tertiary/aromatic N) is 1. The number of carbonyl (C=O) groups is 1. The summed E-state index contributed by atoms with van der Waals surface area (Å²) >= 11 is 3.54. The number of rotatable bonds is 4. The lowest BCUT2D eigenvalue weighted by Crippen LogP contribution is -1.97. The molecule has 1 aromatic heterocycles. The van der Waals surface area contributed by atoms with Crippen LogP contribution >= 0.6 is 15.9 Å². The molecule has 3 nitrogen and oxygen atoms in total. The molecule has 0 aliphatic heterocycles. The van der Waals surface area contributed by atoms with E-state index in [4.69, 9.17) is 5.11 Å². The van der Waals surface area contributed by atoms with Gasteiger partial charge in [-0.15, -0.1) is 0 Å². The largest absolute Gasteiger partial charge is 0.481 e. The van der Waals surface area contributed by atoms with Gasteiger partial charge in [0, 0.05) is 34.5 Å². The third kappa shape index (κ3) is 2.36. The Morgan fingerprint density at radius 3 is 2.88 bits per heavy atom. The van der Waals surface area contributed by atoms with Crippen molar-refractivity contribution in [2.75, 3.05) is 0 Å². The molecule has 90 valence electrons. The van der Waals surface area contributed by atoms with Gasteiger partial charge in [0.15, 0.2) is 0 Å². The highest BCUT2D eigenvalue weighted by Gasteiger charge is 2.11. The zero-order valence-electron chi connectivity index (χ0n) is 9.61. The minimum absolute atomic E-state index is 0.171. The van der Waals surface area contributed by atoms with Crippen molar-refractivity contribution >= 4 is 32.8 Å². The molecule has 0 atom stereocenters. The minimum atomic E-state index is -0.755. The zero-order valence-corrected chi connectivity index (χ0v) is 11.2. The second-order valence-corrected chi connectivity index (χ2v) is 4.82. The topological polar surface area (TPSA) is 42.2 Å². The lowest BCUT2D eigenvalue weighted by Gasteiger charge is -2.00. The predicted molar refractivity (Wildman–Crippen MR) is 71.3 cm³/mol. The van der Waals surface area contributed by atoms with Gasteiger partial charge >= 0.3 is 5.97 Å². The summed E-state index contributed by atoms with van der Waals surface area (Å²) in [5.74, 6) is -0.755. The van der Waals surface area contributed by atoms with Crippen LogP contribution in [-0.4, -0.2) is 15.6 Å². The summed E-state index contributed by atoms with van der Waals surface area (Å²) < 4.78 is 3.18. The molecule has 0 spiro atoms. The molecule has 0 saturated carbocycles. The van der Waals surface area contributed by atoms with Crippen LogP contribution in [0.3, 0.4) is 0 Å². The molecule has 0 saturated heterocycles. The number of halogens is 1. The van der Waals surface area contributed by atoms with Gasteiger partial charge in [0.25, 0.3) is 0 Å². The maximum atomic E-state index is 10.7. The van der Waals surface area contributed by atoms with Gasteiger partial charge in [-0.05, 0) is 31.0 Å². The van der Waals surface area contributed by atoms with Crippen molar-refractivity contribution in [3.8, 4) is 0 Å². The molecule has 0 aliphatic rings. The first-order valence-corrected chi connectivity index (χ1v) is 6.40. The van der Waals surface area contributed by atoms with Gasteiger partial charge in [0.1, 0.15) is 0 Å². The van der Waals surface area contributed by atoms with Crippen LogP contribution in [0.1, 0.15) is 18.9 Å². The molecule has 0 fully saturated rings. The maximum Gasteiger partial charge on any atom is 0.303 e. The summed E-state index contributed by atoms with van der Waals surface area (Å²) in [6.45, 7) is 2.97. The van der Waals surface area contributed by atoms with Gasteiger partial charge in [0.2, 0.25) is 0 Å². The Balaban J connectivity index is 2.51. The molecule has 17 heavy (non-hydrogen) atoms. The number of aryl methyl sites for hydroxylation is 2. The Morgan fingerprint density at radius 1 is 1.47 bits per heavy atom. The zero-order chi connectivity index (χ0) is 12.4. The molecular formula is C13H14BrNO2. The van der Waals surface area contributed by atoms with Crippen LogP contribution in [0.25, 0.3) is 10.9 Å². The normalized spacial score (nSPS) is 10.9. The lowest BCUT2D eigenvalue weighted by atomic mass is 10.1. The van der Waals surface area contributed by atoms with Crippen LogP contribution in [0, 0.1) is 0 Å². The number of hydrogen-bond donors (Lipinski definition) is 1. The summed E-state index contributed by atoms with van der Waals surface area (Å²) in [7, 11) is 0. The first-order chi connectivity index (χ1) is 8.13. The number of benzene rings is 1. The van der Waals surface area contributed by atoms with E-state index < -0.39 is 5.97 Å². The fourth-order valence-electron chi connectivity index (χ4n) is 2.08. The van der Waals surface area contributed by atoms with E-state index in [2.05, 4.69) is 39.7 Å². The van der Waals surface area contributed by atoms with Gasteiger partial charge < -0.3 is 9.67 Å². The maximum absolute atomic E-state index is 10.7. The van der Waals surface area contributed by atoms with Crippen molar-refractivity contribution in [2.24, 2.45) is 0 Å². The first kappa shape index (κ1) is 12.2. The summed E-state index contributed by atoms with van der Waals surface area (Å²) in [4.78, 5) is 10.7. The van der Waals surface area contributed by atoms with E-state index in [1.807, 2.05) is 12.1 Å². The van der Waals surface area contributed by atoms with E-state index in [9.17, 15) is 4.79 Å². The van der Waals surface area contributed by atoms with E-state index in [0.29, 0.717) is 6.42 Å². The molecule has 2 aromatic rings. The second-order valence-electron chi connectivity index (χ2n) is 3.97. The summed E-state index contributed by atoms with van der Waals surface area (Å²) in [5.41, 5.74) is 2.25. The summed E-state index contributed by atoms with van der Waals surface area (Å²) in [5, 5.41) is 9.90. The molecule has 1 heterocycles. The van der Waals surface area contributed by atoms with E-state index >= 15 is 0 Å². The Kier molecular flexibility index (Phi) is 3.52. The van der Waals surface area contributed by atoms with E-state index in [1.54, 1.807) is 0 Å². The minimum Gasteiger partial charge on any atom is -0.481 e. The SMILES string of the molecule is CCn1cc(CCC(=O)O)c2c(Br)cccc21. The molecule has 0 unspecified atom stereocenters. The smallest absolute Gasteiger partial charge is 0.303 e. The summed E-state index contributed by atoms with van der Waals surface area (Å²) in [6.07, 6.45) is 2.80. The fourth-order valence-corrected chi connectivity index (χ4v) is 2.70. The Bertz CT molecular complexity index is 560. The standard InChI is InChI=1S/C13H14BrNO2/c1-2-15-8-9(6-7-12(16)17)13-10(14)4-3-5-11(13)15/h3-5,8H,2,6-7H2,1H3,(H,16,17). The van der Waals surface area contributed by atoms with E-state index in [-0.39, 0.29) is 6.42 Å². The van der Waals surface area contributed by atoms with Gasteiger partial charge in [-0.1, -0.05) is 22.0 Å². The van der Waals surface area contributed by atoms with Crippen molar-refractivity contribution in [1.82, 2.24) is 4.57 Å². The number of carboxylic acids is 1. The second kappa shape index (κ2) is 4.92. The molecule has 0 amide bonds. The molecule has 0 aliphatic carbocycles. The number of aliphatic carboxylic acids is 1. The third-order valence-electron chi connectivity index (χ3n) is 2.88. The number of hydrogen-bond acceptors (Lipinski definition) is 1. The highest BCUT2D eigenvalue weighted by molar-refractivity contribution is 9.10. The van der Waals surface area contributed by atoms with Crippen LogP contribution < -0.4 is 0 Å². The van der Waals surface area contributed by atoms with Crippen LogP contribution in [0.5, 0.6) is 0 Å². The third-order valence-corrected chi connectivity index (χ3v) is 3.54. The van der Waals surface area contributed by atoms with E-state index in [1.165, 1.54) is 0 Å². The monoisotopic (exact) mass is 295 g/mol. The van der Waals surface area contributed by atoms with Crippen molar-refractivity contribution in [1.29, 1.82) is 0 Å². The van der Waals surface area contributed by atoms with Crippen molar-refractivity contribution in [3.63, 3.8) is 0 Å². The van der Waals surface area contributed by atoms with E-state index in [0.717, 1.165) is 27.5 Å². The van der Waals surface area contributed by atoms with Crippen LogP contribution in [0.15, 0.2) is 28.9 Å². The molecule has 0 radical (unpaired) electrons. The number of aromatic nitrogens is 1. The quantitative estimate of drug-likeness (QED) is 0.939.